The highest BCUT2D eigenvalue weighted by Crippen LogP contribution is 2.25. The van der Waals surface area contributed by atoms with Gasteiger partial charge in [0.25, 0.3) is 6.43 Å². The minimum absolute atomic E-state index is 0.0245. The van der Waals surface area contributed by atoms with E-state index in [0.717, 1.165) is 6.07 Å². The molecule has 1 rings (SSSR count). The normalized spacial score (nSPS) is 10.2. The molecule has 0 unspecified atom stereocenters. The molecule has 1 aromatic rings. The molecule has 0 N–H and O–H groups in total. The molecule has 0 aliphatic rings. The van der Waals surface area contributed by atoms with Gasteiger partial charge in [-0.25, -0.2) is 13.8 Å². The van der Waals surface area contributed by atoms with Gasteiger partial charge in [-0.2, -0.15) is 5.26 Å². The second-order valence-electron chi connectivity index (χ2n) is 2.41. The Labute approximate surface area is 78.8 Å². The molecule has 1 heterocycles. The van der Waals surface area contributed by atoms with Crippen LogP contribution < -0.4 is 0 Å². The Morgan fingerprint density at radius 3 is 2.69 bits per heavy atom. The van der Waals surface area contributed by atoms with Crippen LogP contribution in [0.25, 0.3) is 0 Å². The number of halogens is 3. The second kappa shape index (κ2) is 3.67. The van der Waals surface area contributed by atoms with Crippen LogP contribution in [0.15, 0.2) is 6.07 Å². The van der Waals surface area contributed by atoms with Crippen LogP contribution in [0, 0.1) is 18.3 Å². The lowest BCUT2D eigenvalue weighted by molar-refractivity contribution is 0.150. The molecule has 0 bridgehead atoms. The van der Waals surface area contributed by atoms with Crippen molar-refractivity contribution in [2.75, 3.05) is 0 Å². The van der Waals surface area contributed by atoms with E-state index < -0.39 is 6.43 Å². The first-order valence-corrected chi connectivity index (χ1v) is 3.79. The molecule has 1 aromatic heterocycles. The zero-order chi connectivity index (χ0) is 10.0. The summed E-state index contributed by atoms with van der Waals surface area (Å²) in [5.41, 5.74) is -0.122. The van der Waals surface area contributed by atoms with E-state index in [0.29, 0.717) is 0 Å². The minimum atomic E-state index is -2.61. The zero-order valence-corrected chi connectivity index (χ0v) is 7.44. The zero-order valence-electron chi connectivity index (χ0n) is 6.68. The number of rotatable bonds is 1. The second-order valence-corrected chi connectivity index (χ2v) is 2.81. The smallest absolute Gasteiger partial charge is 0.240 e. The van der Waals surface area contributed by atoms with Crippen molar-refractivity contribution < 1.29 is 8.78 Å². The summed E-state index contributed by atoms with van der Waals surface area (Å²) in [4.78, 5) is 3.64. The summed E-state index contributed by atoms with van der Waals surface area (Å²) < 4.78 is 24.5. The van der Waals surface area contributed by atoms with Gasteiger partial charge < -0.3 is 0 Å². The van der Waals surface area contributed by atoms with Crippen LogP contribution >= 0.6 is 11.6 Å². The summed E-state index contributed by atoms with van der Waals surface area (Å²) >= 11 is 5.53. The molecule has 0 spiro atoms. The van der Waals surface area contributed by atoms with Crippen molar-refractivity contribution in [1.82, 2.24) is 4.98 Å². The van der Waals surface area contributed by atoms with Crippen LogP contribution in [-0.2, 0) is 0 Å². The predicted octanol–water partition coefficient (Wildman–Crippen LogP) is 2.85. The molecule has 13 heavy (non-hydrogen) atoms. The lowest BCUT2D eigenvalue weighted by Gasteiger charge is -2.04. The Morgan fingerprint density at radius 1 is 1.62 bits per heavy atom. The van der Waals surface area contributed by atoms with Gasteiger partial charge in [-0.15, -0.1) is 0 Å². The molecule has 2 nitrogen and oxygen atoms in total. The number of aryl methyl sites for hydroxylation is 1. The van der Waals surface area contributed by atoms with E-state index in [2.05, 4.69) is 4.98 Å². The monoisotopic (exact) mass is 202 g/mol. The molecular formula is C8H5ClF2N2. The van der Waals surface area contributed by atoms with Gasteiger partial charge >= 0.3 is 0 Å². The fourth-order valence-electron chi connectivity index (χ4n) is 0.894. The van der Waals surface area contributed by atoms with Crippen molar-refractivity contribution in [3.63, 3.8) is 0 Å². The van der Waals surface area contributed by atoms with Gasteiger partial charge in [0.1, 0.15) is 6.07 Å². The lowest BCUT2D eigenvalue weighted by atomic mass is 10.2. The summed E-state index contributed by atoms with van der Waals surface area (Å²) in [6, 6.07) is 2.79. The summed E-state index contributed by atoms with van der Waals surface area (Å²) in [6.45, 7) is 1.42. The maximum atomic E-state index is 12.3. The number of nitriles is 1. The van der Waals surface area contributed by atoms with Crippen molar-refractivity contribution in [2.24, 2.45) is 0 Å². The van der Waals surface area contributed by atoms with Crippen molar-refractivity contribution in [1.29, 1.82) is 5.26 Å². The molecule has 0 aliphatic carbocycles. The maximum absolute atomic E-state index is 12.3. The topological polar surface area (TPSA) is 36.7 Å². The predicted molar refractivity (Wildman–Crippen MR) is 43.7 cm³/mol. The van der Waals surface area contributed by atoms with E-state index in [9.17, 15) is 8.78 Å². The number of pyridine rings is 1. The molecule has 0 aliphatic heterocycles. The highest BCUT2D eigenvalue weighted by Gasteiger charge is 2.14. The SMILES string of the molecule is Cc1nc(C#N)c(Cl)cc1C(F)F. The van der Waals surface area contributed by atoms with Gasteiger partial charge in [0.15, 0.2) is 5.69 Å². The van der Waals surface area contributed by atoms with Gasteiger partial charge in [-0.1, -0.05) is 11.6 Å². The Bertz CT molecular complexity index is 371. The van der Waals surface area contributed by atoms with E-state index in [4.69, 9.17) is 16.9 Å². The Hall–Kier alpha value is -1.21. The molecule has 0 atom stereocenters. The molecule has 0 saturated heterocycles. The largest absolute Gasteiger partial charge is 0.265 e. The highest BCUT2D eigenvalue weighted by atomic mass is 35.5. The maximum Gasteiger partial charge on any atom is 0.265 e. The fraction of sp³-hybridized carbons (Fsp3) is 0.250. The Kier molecular flexibility index (Phi) is 2.79. The molecule has 0 fully saturated rings. The van der Waals surface area contributed by atoms with E-state index in [1.54, 1.807) is 6.07 Å². The Balaban J connectivity index is 3.31. The van der Waals surface area contributed by atoms with E-state index in [1.807, 2.05) is 0 Å². The third kappa shape index (κ3) is 1.93. The minimum Gasteiger partial charge on any atom is -0.240 e. The van der Waals surface area contributed by atoms with E-state index in [-0.39, 0.29) is 22.0 Å². The molecule has 0 saturated carbocycles. The van der Waals surface area contributed by atoms with Crippen LogP contribution in [0.2, 0.25) is 5.02 Å². The van der Waals surface area contributed by atoms with Crippen LogP contribution in [0.1, 0.15) is 23.4 Å². The standard InChI is InChI=1S/C8H5ClF2N2/c1-4-5(8(10)11)2-6(9)7(3-12)13-4/h2,8H,1H3. The summed E-state index contributed by atoms with van der Waals surface area (Å²) in [7, 11) is 0. The van der Waals surface area contributed by atoms with E-state index in [1.165, 1.54) is 6.92 Å². The number of hydrogen-bond donors (Lipinski definition) is 0. The first-order chi connectivity index (χ1) is 6.06. The summed E-state index contributed by atoms with van der Waals surface area (Å²) in [5, 5.41) is 8.45. The third-order valence-electron chi connectivity index (χ3n) is 1.55. The summed E-state index contributed by atoms with van der Waals surface area (Å²) in [6.07, 6.45) is -2.61. The van der Waals surface area contributed by atoms with Crippen molar-refractivity contribution in [2.45, 2.75) is 13.3 Å². The van der Waals surface area contributed by atoms with Gasteiger partial charge in [-0.3, -0.25) is 0 Å². The van der Waals surface area contributed by atoms with Crippen molar-refractivity contribution in [3.05, 3.63) is 28.0 Å². The Morgan fingerprint density at radius 2 is 2.23 bits per heavy atom. The molecule has 68 valence electrons. The number of nitrogens with zero attached hydrogens (tertiary/aromatic N) is 2. The third-order valence-corrected chi connectivity index (χ3v) is 1.83. The van der Waals surface area contributed by atoms with E-state index >= 15 is 0 Å². The molecule has 5 heteroatoms. The average molecular weight is 203 g/mol. The van der Waals surface area contributed by atoms with Crippen LogP contribution in [0.3, 0.4) is 0 Å². The van der Waals surface area contributed by atoms with Gasteiger partial charge in [0.05, 0.1) is 5.02 Å². The quantitative estimate of drug-likeness (QED) is 0.702. The van der Waals surface area contributed by atoms with Crippen LogP contribution in [0.5, 0.6) is 0 Å². The number of aromatic nitrogens is 1. The lowest BCUT2D eigenvalue weighted by Crippen LogP contribution is -1.96. The highest BCUT2D eigenvalue weighted by molar-refractivity contribution is 6.31. The molecule has 0 aromatic carbocycles. The molecule has 0 amide bonds. The number of hydrogen-bond acceptors (Lipinski definition) is 2. The molecule has 0 radical (unpaired) electrons. The fourth-order valence-corrected chi connectivity index (χ4v) is 1.10. The van der Waals surface area contributed by atoms with Gasteiger partial charge in [0, 0.05) is 11.3 Å². The first-order valence-electron chi connectivity index (χ1n) is 3.41. The van der Waals surface area contributed by atoms with Crippen molar-refractivity contribution in [3.8, 4) is 6.07 Å². The summed E-state index contributed by atoms with van der Waals surface area (Å²) in [5.74, 6) is 0. The van der Waals surface area contributed by atoms with Crippen LogP contribution in [-0.4, -0.2) is 4.98 Å². The van der Waals surface area contributed by atoms with Crippen LogP contribution in [0.4, 0.5) is 8.78 Å². The number of alkyl halides is 2. The van der Waals surface area contributed by atoms with Gasteiger partial charge in [0.2, 0.25) is 0 Å². The molecular weight excluding hydrogens is 198 g/mol. The van der Waals surface area contributed by atoms with Crippen molar-refractivity contribution >= 4 is 11.6 Å². The van der Waals surface area contributed by atoms with Gasteiger partial charge in [-0.05, 0) is 13.0 Å². The first kappa shape index (κ1) is 9.87. The average Bonchev–Trinajstić information content (AvgIpc) is 2.07.